The predicted octanol–water partition coefficient (Wildman–Crippen LogP) is 3.15. The molecule has 4 rings (SSSR count). The first kappa shape index (κ1) is 18.8. The summed E-state index contributed by atoms with van der Waals surface area (Å²) in [6, 6.07) is 16.6. The molecule has 0 fully saturated rings. The maximum Gasteiger partial charge on any atom is 0.258 e. The summed E-state index contributed by atoms with van der Waals surface area (Å²) in [7, 11) is 0. The van der Waals surface area contributed by atoms with Crippen LogP contribution in [-0.2, 0) is 4.79 Å². The normalized spacial score (nSPS) is 11.8. The third-order valence-electron chi connectivity index (χ3n) is 4.14. The number of carbonyl (C=O) groups is 1. The molecule has 0 radical (unpaired) electrons. The first-order valence-corrected chi connectivity index (χ1v) is 9.61. The van der Waals surface area contributed by atoms with Gasteiger partial charge < -0.3 is 10.1 Å². The Balaban J connectivity index is 1.44. The second-order valence-corrected chi connectivity index (χ2v) is 7.09. The van der Waals surface area contributed by atoms with Crippen LogP contribution in [0.25, 0.3) is 5.69 Å². The summed E-state index contributed by atoms with van der Waals surface area (Å²) >= 11 is 1.52. The van der Waals surface area contributed by atoms with E-state index >= 15 is 0 Å². The first-order chi connectivity index (χ1) is 14.2. The number of halogens is 1. The number of ether oxygens (including phenoxy) is 1. The molecule has 2 heterocycles. The lowest BCUT2D eigenvalue weighted by molar-refractivity contribution is -0.123. The lowest BCUT2D eigenvalue weighted by atomic mass is 10.1. The van der Waals surface area contributed by atoms with Gasteiger partial charge in [-0.25, -0.2) is 9.07 Å². The van der Waals surface area contributed by atoms with Crippen LogP contribution in [0.1, 0.15) is 16.5 Å². The number of amides is 1. The van der Waals surface area contributed by atoms with Crippen LogP contribution < -0.4 is 10.1 Å². The molecule has 0 aliphatic heterocycles. The van der Waals surface area contributed by atoms with Crippen LogP contribution >= 0.6 is 11.3 Å². The Morgan fingerprint density at radius 3 is 2.76 bits per heavy atom. The van der Waals surface area contributed by atoms with E-state index in [-0.39, 0.29) is 24.4 Å². The Morgan fingerprint density at radius 1 is 1.17 bits per heavy atom. The van der Waals surface area contributed by atoms with E-state index in [1.165, 1.54) is 34.5 Å². The monoisotopic (exact) mass is 409 g/mol. The molecule has 1 amide bonds. The molecule has 146 valence electrons. The molecular formula is C20H16FN5O2S. The summed E-state index contributed by atoms with van der Waals surface area (Å²) in [6.07, 6.45) is 1.47. The number of benzene rings is 2. The van der Waals surface area contributed by atoms with Gasteiger partial charge in [-0.05, 0) is 51.7 Å². The second-order valence-electron chi connectivity index (χ2n) is 6.11. The molecule has 2 aromatic heterocycles. The van der Waals surface area contributed by atoms with Gasteiger partial charge in [0.1, 0.15) is 17.9 Å². The summed E-state index contributed by atoms with van der Waals surface area (Å²) in [5, 5.41) is 15.9. The van der Waals surface area contributed by atoms with Crippen LogP contribution in [0.4, 0.5) is 4.39 Å². The fourth-order valence-corrected chi connectivity index (χ4v) is 3.58. The summed E-state index contributed by atoms with van der Waals surface area (Å²) in [5.74, 6) is -0.0982. The van der Waals surface area contributed by atoms with Crippen LogP contribution in [0.2, 0.25) is 0 Å². The van der Waals surface area contributed by atoms with Gasteiger partial charge in [0.05, 0.1) is 11.7 Å². The summed E-state index contributed by atoms with van der Waals surface area (Å²) < 4.78 is 20.4. The lowest BCUT2D eigenvalue weighted by Gasteiger charge is -2.18. The number of hydrogen-bond acceptors (Lipinski definition) is 6. The van der Waals surface area contributed by atoms with Crippen molar-refractivity contribution in [1.82, 2.24) is 25.5 Å². The van der Waals surface area contributed by atoms with Crippen LogP contribution in [0, 0.1) is 5.82 Å². The number of nitrogens with zero attached hydrogens (tertiary/aromatic N) is 4. The first-order valence-electron chi connectivity index (χ1n) is 8.73. The molecule has 0 saturated heterocycles. The van der Waals surface area contributed by atoms with E-state index in [0.29, 0.717) is 5.75 Å². The van der Waals surface area contributed by atoms with Gasteiger partial charge in [-0.2, -0.15) is 0 Å². The minimum Gasteiger partial charge on any atom is -0.484 e. The number of hydrogen-bond donors (Lipinski definition) is 1. The Bertz CT molecular complexity index is 1070. The molecule has 0 saturated carbocycles. The van der Waals surface area contributed by atoms with Gasteiger partial charge in [0.15, 0.2) is 6.61 Å². The highest BCUT2D eigenvalue weighted by Crippen LogP contribution is 2.26. The number of rotatable bonds is 7. The Hall–Kier alpha value is -3.59. The van der Waals surface area contributed by atoms with E-state index in [9.17, 15) is 9.18 Å². The van der Waals surface area contributed by atoms with Crippen molar-refractivity contribution in [3.63, 3.8) is 0 Å². The van der Waals surface area contributed by atoms with E-state index in [4.69, 9.17) is 4.74 Å². The quantitative estimate of drug-likeness (QED) is 0.507. The zero-order valence-electron chi connectivity index (χ0n) is 15.1. The van der Waals surface area contributed by atoms with E-state index in [2.05, 4.69) is 20.8 Å². The van der Waals surface area contributed by atoms with Gasteiger partial charge in [-0.1, -0.05) is 24.3 Å². The molecule has 9 heteroatoms. The van der Waals surface area contributed by atoms with Crippen molar-refractivity contribution in [3.8, 4) is 11.4 Å². The number of nitrogens with one attached hydrogen (secondary N) is 1. The van der Waals surface area contributed by atoms with Crippen molar-refractivity contribution in [3.05, 3.63) is 88.6 Å². The van der Waals surface area contributed by atoms with E-state index < -0.39 is 0 Å². The topological polar surface area (TPSA) is 81.9 Å². The molecule has 29 heavy (non-hydrogen) atoms. The van der Waals surface area contributed by atoms with Crippen molar-refractivity contribution in [2.24, 2.45) is 0 Å². The molecule has 0 aliphatic rings. The molecule has 4 aromatic rings. The maximum atomic E-state index is 13.3. The molecular weight excluding hydrogens is 393 g/mol. The Morgan fingerprint density at radius 2 is 2.03 bits per heavy atom. The van der Waals surface area contributed by atoms with Crippen molar-refractivity contribution in [2.75, 3.05) is 6.61 Å². The van der Waals surface area contributed by atoms with Crippen LogP contribution in [0.15, 0.2) is 72.4 Å². The predicted molar refractivity (Wildman–Crippen MR) is 105 cm³/mol. The Kier molecular flexibility index (Phi) is 5.57. The van der Waals surface area contributed by atoms with Crippen molar-refractivity contribution in [2.45, 2.75) is 6.04 Å². The maximum absolute atomic E-state index is 13.3. The molecule has 0 spiro atoms. The minimum atomic E-state index is -0.376. The zero-order chi connectivity index (χ0) is 20.1. The van der Waals surface area contributed by atoms with Gasteiger partial charge in [-0.15, -0.1) is 16.4 Å². The number of thiophene rings is 1. The van der Waals surface area contributed by atoms with Gasteiger partial charge in [-0.3, -0.25) is 4.79 Å². The highest BCUT2D eigenvalue weighted by Gasteiger charge is 2.18. The highest BCUT2D eigenvalue weighted by atomic mass is 32.1. The minimum absolute atomic E-state index is 0.165. The van der Waals surface area contributed by atoms with Gasteiger partial charge in [0, 0.05) is 10.9 Å². The summed E-state index contributed by atoms with van der Waals surface area (Å²) in [6.45, 7) is -0.165. The van der Waals surface area contributed by atoms with Gasteiger partial charge >= 0.3 is 0 Å². The number of tetrazole rings is 1. The fourth-order valence-electron chi connectivity index (χ4n) is 2.78. The van der Waals surface area contributed by atoms with E-state index in [1.807, 2.05) is 23.6 Å². The van der Waals surface area contributed by atoms with Crippen molar-refractivity contribution in [1.29, 1.82) is 0 Å². The third kappa shape index (κ3) is 4.64. The standard InChI is InChI=1S/C20H16FN5O2S/c21-15-8-6-14(7-9-15)20(18-5-2-10-29-18)23-19(27)12-28-17-4-1-3-16(11-17)26-13-22-24-25-26/h1-11,13,20H,12H2,(H,23,27). The van der Waals surface area contributed by atoms with Crippen molar-refractivity contribution >= 4 is 17.2 Å². The average molecular weight is 409 g/mol. The van der Waals surface area contributed by atoms with Gasteiger partial charge in [0.2, 0.25) is 0 Å². The molecule has 2 aromatic carbocycles. The molecule has 0 aliphatic carbocycles. The lowest BCUT2D eigenvalue weighted by Crippen LogP contribution is -2.32. The number of carbonyl (C=O) groups excluding carboxylic acids is 1. The molecule has 7 nitrogen and oxygen atoms in total. The SMILES string of the molecule is O=C(COc1cccc(-n2cnnn2)c1)NC(c1ccc(F)cc1)c1cccs1. The third-order valence-corrected chi connectivity index (χ3v) is 5.07. The largest absolute Gasteiger partial charge is 0.484 e. The highest BCUT2D eigenvalue weighted by molar-refractivity contribution is 7.10. The van der Waals surface area contributed by atoms with E-state index in [0.717, 1.165) is 16.1 Å². The van der Waals surface area contributed by atoms with Crippen molar-refractivity contribution < 1.29 is 13.9 Å². The fraction of sp³-hybridized carbons (Fsp3) is 0.100. The summed E-state index contributed by atoms with van der Waals surface area (Å²) in [4.78, 5) is 13.5. The molecule has 0 bridgehead atoms. The second kappa shape index (κ2) is 8.61. The molecule has 1 unspecified atom stereocenters. The smallest absolute Gasteiger partial charge is 0.258 e. The van der Waals surface area contributed by atoms with Crippen LogP contribution in [0.5, 0.6) is 5.75 Å². The number of aromatic nitrogens is 4. The Labute approximate surface area is 169 Å². The zero-order valence-corrected chi connectivity index (χ0v) is 15.9. The van der Waals surface area contributed by atoms with E-state index in [1.54, 1.807) is 30.3 Å². The van der Waals surface area contributed by atoms with Crippen LogP contribution in [0.3, 0.4) is 0 Å². The molecule has 1 N–H and O–H groups in total. The summed E-state index contributed by atoms with van der Waals surface area (Å²) in [5.41, 5.74) is 1.51. The van der Waals surface area contributed by atoms with Gasteiger partial charge in [0.25, 0.3) is 5.91 Å². The van der Waals surface area contributed by atoms with Crippen LogP contribution in [-0.4, -0.2) is 32.7 Å². The average Bonchev–Trinajstić information content (AvgIpc) is 3.46. The molecule has 1 atom stereocenters.